The van der Waals surface area contributed by atoms with E-state index in [0.29, 0.717) is 31.2 Å². The van der Waals surface area contributed by atoms with Crippen LogP contribution < -0.4 is 4.90 Å². The third-order valence-electron chi connectivity index (χ3n) is 5.08. The number of piperazine rings is 1. The number of fused-ring (bicyclic) bond motifs is 1. The van der Waals surface area contributed by atoms with E-state index >= 15 is 0 Å². The molecule has 0 unspecified atom stereocenters. The minimum absolute atomic E-state index is 0.263. The number of benzene rings is 2. The van der Waals surface area contributed by atoms with Crippen molar-refractivity contribution in [3.05, 3.63) is 65.1 Å². The molecule has 0 saturated carbocycles. The number of aliphatic carboxylic acids is 1. The Hall–Kier alpha value is -2.57. The number of H-pyrrole nitrogens is 1. The first-order valence-electron chi connectivity index (χ1n) is 8.77. The summed E-state index contributed by atoms with van der Waals surface area (Å²) < 4.78 is 13.1. The highest BCUT2D eigenvalue weighted by atomic mass is 35.5. The maximum Gasteiger partial charge on any atom is 0.325 e. The molecular weight excluding hydrogens is 369 g/mol. The highest BCUT2D eigenvalue weighted by molar-refractivity contribution is 6.31. The summed E-state index contributed by atoms with van der Waals surface area (Å²) in [6.45, 7) is 2.56. The maximum absolute atomic E-state index is 13.1. The monoisotopic (exact) mass is 387 g/mol. The van der Waals surface area contributed by atoms with E-state index in [1.807, 2.05) is 11.0 Å². The van der Waals surface area contributed by atoms with E-state index in [4.69, 9.17) is 11.6 Å². The second kappa shape index (κ2) is 7.21. The van der Waals surface area contributed by atoms with Gasteiger partial charge >= 0.3 is 5.97 Å². The van der Waals surface area contributed by atoms with Crippen molar-refractivity contribution < 1.29 is 14.3 Å². The third-order valence-corrected chi connectivity index (χ3v) is 5.31. The average Bonchev–Trinajstić information content (AvgIpc) is 3.06. The molecule has 7 heteroatoms. The van der Waals surface area contributed by atoms with Crippen LogP contribution in [0.15, 0.2) is 48.7 Å². The Labute approximate surface area is 161 Å². The lowest BCUT2D eigenvalue weighted by molar-refractivity contribution is -0.143. The zero-order chi connectivity index (χ0) is 19.0. The van der Waals surface area contributed by atoms with Gasteiger partial charge in [0.05, 0.1) is 0 Å². The highest BCUT2D eigenvalue weighted by Gasteiger charge is 2.32. The number of nitrogens with zero attached hydrogens (tertiary/aromatic N) is 2. The molecule has 0 radical (unpaired) electrons. The molecule has 1 saturated heterocycles. The van der Waals surface area contributed by atoms with Gasteiger partial charge < -0.3 is 15.0 Å². The summed E-state index contributed by atoms with van der Waals surface area (Å²) in [5.74, 6) is -1.15. The molecular formula is C20H19ClFN3O2. The molecule has 2 heterocycles. The molecule has 0 spiro atoms. The number of nitrogens with one attached hydrogen (secondary N) is 1. The van der Waals surface area contributed by atoms with Gasteiger partial charge in [-0.25, -0.2) is 4.39 Å². The van der Waals surface area contributed by atoms with Crippen LogP contribution >= 0.6 is 11.6 Å². The second-order valence-electron chi connectivity index (χ2n) is 6.67. The molecule has 27 heavy (non-hydrogen) atoms. The van der Waals surface area contributed by atoms with Gasteiger partial charge in [0.25, 0.3) is 0 Å². The van der Waals surface area contributed by atoms with E-state index in [9.17, 15) is 14.3 Å². The smallest absolute Gasteiger partial charge is 0.325 e. The van der Waals surface area contributed by atoms with Gasteiger partial charge in [-0.05, 0) is 42.5 Å². The van der Waals surface area contributed by atoms with E-state index in [-0.39, 0.29) is 5.82 Å². The van der Waals surface area contributed by atoms with Crippen molar-refractivity contribution in [1.82, 2.24) is 9.88 Å². The predicted molar refractivity (Wildman–Crippen MR) is 104 cm³/mol. The van der Waals surface area contributed by atoms with Crippen LogP contribution in [0.25, 0.3) is 10.9 Å². The Morgan fingerprint density at radius 1 is 1.11 bits per heavy atom. The molecule has 0 bridgehead atoms. The van der Waals surface area contributed by atoms with Gasteiger partial charge in [-0.3, -0.25) is 9.69 Å². The molecule has 1 atom stereocenters. The molecule has 5 nitrogen and oxygen atoms in total. The first-order chi connectivity index (χ1) is 13.0. The van der Waals surface area contributed by atoms with E-state index in [2.05, 4.69) is 9.88 Å². The third kappa shape index (κ3) is 3.50. The number of aromatic amines is 1. The van der Waals surface area contributed by atoms with Crippen LogP contribution in [0.4, 0.5) is 10.1 Å². The number of carboxylic acid groups (broad SMARTS) is 1. The molecule has 1 aliphatic rings. The minimum atomic E-state index is -0.883. The molecule has 3 aromatic rings. The zero-order valence-corrected chi connectivity index (χ0v) is 15.3. The summed E-state index contributed by atoms with van der Waals surface area (Å²) in [5.41, 5.74) is 2.53. The molecule has 4 rings (SSSR count). The molecule has 140 valence electrons. The Bertz CT molecular complexity index is 965. The molecule has 0 aliphatic carbocycles. The van der Waals surface area contributed by atoms with Crippen molar-refractivity contribution in [3.63, 3.8) is 0 Å². The molecule has 0 amide bonds. The molecule has 1 aliphatic heterocycles. The Morgan fingerprint density at radius 3 is 2.48 bits per heavy atom. The fraction of sp³-hybridized carbons (Fsp3) is 0.250. The molecule has 2 N–H and O–H groups in total. The van der Waals surface area contributed by atoms with Gasteiger partial charge in [0.1, 0.15) is 11.9 Å². The number of carboxylic acids is 1. The lowest BCUT2D eigenvalue weighted by Gasteiger charge is -2.38. The summed E-state index contributed by atoms with van der Waals surface area (Å²) >= 11 is 6.11. The number of halogens is 2. The van der Waals surface area contributed by atoms with Crippen LogP contribution in [0, 0.1) is 5.82 Å². The normalized spacial score (nSPS) is 16.6. The van der Waals surface area contributed by atoms with Gasteiger partial charge in [0.15, 0.2) is 0 Å². The predicted octanol–water partition coefficient (Wildman–Crippen LogP) is 3.91. The van der Waals surface area contributed by atoms with Gasteiger partial charge in [-0.15, -0.1) is 0 Å². The highest BCUT2D eigenvalue weighted by Crippen LogP contribution is 2.31. The van der Waals surface area contributed by atoms with Crippen LogP contribution in [0.5, 0.6) is 0 Å². The van der Waals surface area contributed by atoms with Crippen LogP contribution in [0.2, 0.25) is 5.02 Å². The summed E-state index contributed by atoms with van der Waals surface area (Å²) in [6.07, 6.45) is 1.76. The topological polar surface area (TPSA) is 59.6 Å². The van der Waals surface area contributed by atoms with Crippen molar-refractivity contribution in [2.24, 2.45) is 0 Å². The van der Waals surface area contributed by atoms with E-state index in [1.165, 1.54) is 12.1 Å². The number of anilines is 1. The van der Waals surface area contributed by atoms with Crippen LogP contribution in [0.1, 0.15) is 11.6 Å². The molecule has 2 aromatic carbocycles. The quantitative estimate of drug-likeness (QED) is 0.712. The van der Waals surface area contributed by atoms with Gasteiger partial charge in [-0.1, -0.05) is 11.6 Å². The summed E-state index contributed by atoms with van der Waals surface area (Å²) in [7, 11) is 0. The largest absolute Gasteiger partial charge is 0.480 e. The second-order valence-corrected chi connectivity index (χ2v) is 7.11. The van der Waals surface area contributed by atoms with Crippen molar-refractivity contribution in [2.75, 3.05) is 31.1 Å². The lowest BCUT2D eigenvalue weighted by Crippen LogP contribution is -2.49. The Balaban J connectivity index is 1.56. The van der Waals surface area contributed by atoms with Crippen molar-refractivity contribution >= 4 is 34.2 Å². The number of carbonyl (C=O) groups is 1. The average molecular weight is 388 g/mol. The van der Waals surface area contributed by atoms with Gasteiger partial charge in [-0.2, -0.15) is 0 Å². The fourth-order valence-corrected chi connectivity index (χ4v) is 3.89. The number of rotatable bonds is 4. The minimum Gasteiger partial charge on any atom is -0.480 e. The van der Waals surface area contributed by atoms with Crippen LogP contribution in [-0.2, 0) is 4.79 Å². The fourth-order valence-electron chi connectivity index (χ4n) is 3.72. The first-order valence-corrected chi connectivity index (χ1v) is 9.14. The Kier molecular flexibility index (Phi) is 4.76. The van der Waals surface area contributed by atoms with Gasteiger partial charge in [0.2, 0.25) is 0 Å². The van der Waals surface area contributed by atoms with E-state index in [1.54, 1.807) is 30.5 Å². The van der Waals surface area contributed by atoms with E-state index in [0.717, 1.165) is 22.2 Å². The first kappa shape index (κ1) is 17.8. The van der Waals surface area contributed by atoms with Crippen molar-refractivity contribution in [3.8, 4) is 0 Å². The number of hydrogen-bond donors (Lipinski definition) is 2. The zero-order valence-electron chi connectivity index (χ0n) is 14.5. The molecule has 1 aromatic heterocycles. The Morgan fingerprint density at radius 2 is 1.81 bits per heavy atom. The van der Waals surface area contributed by atoms with Crippen LogP contribution in [-0.4, -0.2) is 47.1 Å². The van der Waals surface area contributed by atoms with Crippen molar-refractivity contribution in [1.29, 1.82) is 0 Å². The summed E-state index contributed by atoms with van der Waals surface area (Å²) in [4.78, 5) is 19.3. The maximum atomic E-state index is 13.1. The standard InChI is InChI=1S/C20H19ClFN3O2/c21-13-1-6-18-16(11-13)17(12-23-18)19(20(26)27)25-9-7-24(8-10-25)15-4-2-14(22)3-5-15/h1-6,11-12,19,23H,7-10H2,(H,26,27)/t19-/m0/s1. The summed E-state index contributed by atoms with van der Waals surface area (Å²) in [5, 5.41) is 11.3. The summed E-state index contributed by atoms with van der Waals surface area (Å²) in [6, 6.07) is 11.1. The van der Waals surface area contributed by atoms with Crippen molar-refractivity contribution in [2.45, 2.75) is 6.04 Å². The number of aromatic nitrogens is 1. The van der Waals surface area contributed by atoms with Crippen LogP contribution in [0.3, 0.4) is 0 Å². The van der Waals surface area contributed by atoms with Gasteiger partial charge in [0, 0.05) is 59.6 Å². The number of hydrogen-bond acceptors (Lipinski definition) is 3. The lowest BCUT2D eigenvalue weighted by atomic mass is 10.0. The molecule has 1 fully saturated rings. The van der Waals surface area contributed by atoms with E-state index < -0.39 is 12.0 Å². The SMILES string of the molecule is O=C(O)[C@H](c1c[nH]c2ccc(Cl)cc12)N1CCN(c2ccc(F)cc2)CC1.